The van der Waals surface area contributed by atoms with Gasteiger partial charge in [0.05, 0.1) is 22.2 Å². The van der Waals surface area contributed by atoms with Crippen LogP contribution in [0.3, 0.4) is 0 Å². The SMILES string of the molecule is c1ccc(-c2ccc(N(c3cccc(-c4cccc(-n5c6ccc(-c7ccc8sc9ccccc9c8c7)cc6c6ccc7c(ccn7-c7ccccc7)c65)c4)c3)c3cccc4c3oc3ccccc34)cc2)cc1. The van der Waals surface area contributed by atoms with Gasteiger partial charge in [0.25, 0.3) is 0 Å². The van der Waals surface area contributed by atoms with Crippen LogP contribution in [0.1, 0.15) is 0 Å². The van der Waals surface area contributed by atoms with Crippen molar-refractivity contribution < 1.29 is 4.42 Å². The molecule has 5 heteroatoms. The minimum atomic E-state index is 0.852. The zero-order valence-electron chi connectivity index (χ0n) is 39.5. The highest BCUT2D eigenvalue weighted by molar-refractivity contribution is 7.25. The normalized spacial score (nSPS) is 11.8. The molecule has 0 atom stereocenters. The molecule has 73 heavy (non-hydrogen) atoms. The molecule has 0 spiro atoms. The molecular formula is C68H43N3OS. The van der Waals surface area contributed by atoms with Crippen molar-refractivity contribution in [2.75, 3.05) is 4.90 Å². The lowest BCUT2D eigenvalue weighted by Gasteiger charge is -2.26. The van der Waals surface area contributed by atoms with Gasteiger partial charge >= 0.3 is 0 Å². The van der Waals surface area contributed by atoms with Crippen molar-refractivity contribution in [1.82, 2.24) is 9.13 Å². The summed E-state index contributed by atoms with van der Waals surface area (Å²) in [4.78, 5) is 2.34. The Morgan fingerprint density at radius 2 is 0.959 bits per heavy atom. The van der Waals surface area contributed by atoms with Crippen LogP contribution in [-0.4, -0.2) is 9.13 Å². The Balaban J connectivity index is 0.895. The first-order valence-electron chi connectivity index (χ1n) is 24.8. The van der Waals surface area contributed by atoms with E-state index in [1.165, 1.54) is 64.1 Å². The highest BCUT2D eigenvalue weighted by atomic mass is 32.1. The number of fused-ring (bicyclic) bond motifs is 11. The fraction of sp³-hybridized carbons (Fsp3) is 0. The molecule has 15 aromatic rings. The summed E-state index contributed by atoms with van der Waals surface area (Å²) in [5.41, 5.74) is 17.5. The lowest BCUT2D eigenvalue weighted by Crippen LogP contribution is -2.10. The van der Waals surface area contributed by atoms with Crippen molar-refractivity contribution in [3.8, 4) is 44.8 Å². The van der Waals surface area contributed by atoms with Gasteiger partial charge in [-0.1, -0.05) is 152 Å². The highest BCUT2D eigenvalue weighted by Crippen LogP contribution is 2.45. The molecule has 0 saturated carbocycles. The van der Waals surface area contributed by atoms with Gasteiger partial charge in [-0.25, -0.2) is 0 Å². The van der Waals surface area contributed by atoms with E-state index in [2.05, 4.69) is 269 Å². The Labute approximate surface area is 425 Å². The third kappa shape index (κ3) is 6.74. The number of hydrogen-bond donors (Lipinski definition) is 0. The van der Waals surface area contributed by atoms with Crippen molar-refractivity contribution in [3.63, 3.8) is 0 Å². The van der Waals surface area contributed by atoms with Crippen molar-refractivity contribution in [2.45, 2.75) is 0 Å². The van der Waals surface area contributed by atoms with Crippen LogP contribution in [0.25, 0.3) is 120 Å². The summed E-state index contributed by atoms with van der Waals surface area (Å²) in [6.07, 6.45) is 2.21. The number of nitrogens with zero attached hydrogens (tertiary/aromatic N) is 3. The first-order valence-corrected chi connectivity index (χ1v) is 25.6. The molecule has 0 aliphatic heterocycles. The molecule has 11 aromatic carbocycles. The van der Waals surface area contributed by atoms with Gasteiger partial charge in [-0.2, -0.15) is 0 Å². The number of anilines is 3. The smallest absolute Gasteiger partial charge is 0.159 e. The van der Waals surface area contributed by atoms with Gasteiger partial charge in [0, 0.05) is 76.0 Å². The zero-order chi connectivity index (χ0) is 48.0. The van der Waals surface area contributed by atoms with Crippen molar-refractivity contribution in [3.05, 3.63) is 261 Å². The van der Waals surface area contributed by atoms with E-state index in [1.54, 1.807) is 0 Å². The maximum Gasteiger partial charge on any atom is 0.159 e. The van der Waals surface area contributed by atoms with Crippen LogP contribution < -0.4 is 4.90 Å². The zero-order valence-corrected chi connectivity index (χ0v) is 40.3. The molecule has 0 bridgehead atoms. The fourth-order valence-electron chi connectivity index (χ4n) is 11.3. The Morgan fingerprint density at radius 1 is 0.342 bits per heavy atom. The standard InChI is InChI=1S/C68H43N3OS/c1-3-14-44(15-4-1)45-28-32-51(33-29-45)70(63-25-13-24-57-54-22-7-9-26-64(54)72-68(57)63)52-20-11-16-46(40-52)47-17-12-21-53(41-47)71-62-35-30-48(49-31-37-66-60(43-49)55-23-8-10-27-65(55)73-66)42-59(62)56-34-36-61-58(67(56)71)38-39-69(61)50-18-5-2-6-19-50/h1-43H. The summed E-state index contributed by atoms with van der Waals surface area (Å²) in [5.74, 6) is 0. The Hall–Kier alpha value is -9.42. The average Bonchev–Trinajstić information content (AvgIpc) is 4.25. The predicted octanol–water partition coefficient (Wildman–Crippen LogP) is 19.5. The number of aromatic nitrogens is 2. The lowest BCUT2D eigenvalue weighted by atomic mass is 10.0. The molecule has 0 fully saturated rings. The topological polar surface area (TPSA) is 26.2 Å². The predicted molar refractivity (Wildman–Crippen MR) is 309 cm³/mol. The summed E-state index contributed by atoms with van der Waals surface area (Å²) in [6, 6.07) is 92.5. The molecule has 0 amide bonds. The minimum Gasteiger partial charge on any atom is -0.454 e. The number of hydrogen-bond acceptors (Lipinski definition) is 3. The van der Waals surface area contributed by atoms with Gasteiger partial charge in [-0.15, -0.1) is 11.3 Å². The fourth-order valence-corrected chi connectivity index (χ4v) is 12.4. The van der Waals surface area contributed by atoms with Crippen molar-refractivity contribution in [1.29, 1.82) is 0 Å². The summed E-state index contributed by atoms with van der Waals surface area (Å²) >= 11 is 1.86. The van der Waals surface area contributed by atoms with Crippen LogP contribution in [0, 0.1) is 0 Å². The monoisotopic (exact) mass is 949 g/mol. The van der Waals surface area contributed by atoms with E-state index >= 15 is 0 Å². The molecule has 0 saturated heterocycles. The van der Waals surface area contributed by atoms with Crippen molar-refractivity contribution >= 4 is 103 Å². The number of thiophene rings is 1. The van der Waals surface area contributed by atoms with Crippen molar-refractivity contribution in [2.24, 2.45) is 0 Å². The number of furan rings is 1. The Kier molecular flexibility index (Phi) is 9.41. The van der Waals surface area contributed by atoms with Gasteiger partial charge in [-0.3, -0.25) is 0 Å². The van der Waals surface area contributed by atoms with Gasteiger partial charge in [0.15, 0.2) is 5.58 Å². The highest BCUT2D eigenvalue weighted by Gasteiger charge is 2.22. The third-order valence-electron chi connectivity index (χ3n) is 14.7. The maximum absolute atomic E-state index is 6.72. The van der Waals surface area contributed by atoms with Gasteiger partial charge in [-0.05, 0) is 137 Å². The average molecular weight is 950 g/mol. The second kappa shape index (κ2) is 16.6. The van der Waals surface area contributed by atoms with E-state index in [1.807, 2.05) is 17.4 Å². The Bertz CT molecular complexity index is 4620. The summed E-state index contributed by atoms with van der Waals surface area (Å²) in [5, 5.41) is 8.45. The lowest BCUT2D eigenvalue weighted by molar-refractivity contribution is 0.669. The molecule has 0 unspecified atom stereocenters. The van der Waals surface area contributed by atoms with Crippen LogP contribution in [-0.2, 0) is 0 Å². The van der Waals surface area contributed by atoms with E-state index in [0.717, 1.165) is 72.5 Å². The summed E-state index contributed by atoms with van der Waals surface area (Å²) in [7, 11) is 0. The van der Waals surface area contributed by atoms with E-state index in [9.17, 15) is 0 Å². The number of rotatable bonds is 8. The molecule has 4 nitrogen and oxygen atoms in total. The van der Waals surface area contributed by atoms with Crippen LogP contribution >= 0.6 is 11.3 Å². The second-order valence-electron chi connectivity index (χ2n) is 18.9. The third-order valence-corrected chi connectivity index (χ3v) is 15.9. The summed E-state index contributed by atoms with van der Waals surface area (Å²) in [6.45, 7) is 0. The largest absolute Gasteiger partial charge is 0.454 e. The molecule has 4 aromatic heterocycles. The maximum atomic E-state index is 6.72. The Morgan fingerprint density at radius 3 is 1.82 bits per heavy atom. The van der Waals surface area contributed by atoms with Crippen LogP contribution in [0.2, 0.25) is 0 Å². The number of para-hydroxylation sites is 3. The van der Waals surface area contributed by atoms with Crippen LogP contribution in [0.15, 0.2) is 265 Å². The van der Waals surface area contributed by atoms with E-state index < -0.39 is 0 Å². The summed E-state index contributed by atoms with van der Waals surface area (Å²) < 4.78 is 14.1. The van der Waals surface area contributed by atoms with E-state index in [-0.39, 0.29) is 0 Å². The minimum absolute atomic E-state index is 0.852. The van der Waals surface area contributed by atoms with Crippen LogP contribution in [0.4, 0.5) is 17.1 Å². The molecule has 0 N–H and O–H groups in total. The van der Waals surface area contributed by atoms with E-state index in [4.69, 9.17) is 4.42 Å². The molecule has 15 rings (SSSR count). The quantitative estimate of drug-likeness (QED) is 0.152. The van der Waals surface area contributed by atoms with Gasteiger partial charge < -0.3 is 18.5 Å². The van der Waals surface area contributed by atoms with Crippen LogP contribution in [0.5, 0.6) is 0 Å². The van der Waals surface area contributed by atoms with Gasteiger partial charge in [0.1, 0.15) is 5.58 Å². The molecule has 0 aliphatic rings. The molecule has 4 heterocycles. The molecule has 0 aliphatic carbocycles. The molecule has 0 radical (unpaired) electrons. The first-order chi connectivity index (χ1) is 36.2. The number of benzene rings is 11. The van der Waals surface area contributed by atoms with Gasteiger partial charge in [0.2, 0.25) is 0 Å². The first kappa shape index (κ1) is 41.4. The second-order valence-corrected chi connectivity index (χ2v) is 20.0. The molecule has 342 valence electrons. The van der Waals surface area contributed by atoms with E-state index in [0.29, 0.717) is 0 Å². The molecular weight excluding hydrogens is 907 g/mol.